The first-order valence-electron chi connectivity index (χ1n) is 12.6. The Morgan fingerprint density at radius 2 is 2.03 bits per heavy atom. The number of anilines is 4. The summed E-state index contributed by atoms with van der Waals surface area (Å²) in [7, 11) is 3.33. The third kappa shape index (κ3) is 5.32. The molecule has 2 amide bonds. The van der Waals surface area contributed by atoms with E-state index in [9.17, 15) is 9.59 Å². The Balaban J connectivity index is 1.36. The van der Waals surface area contributed by atoms with Gasteiger partial charge in [0.05, 0.1) is 19.0 Å². The second-order valence-electron chi connectivity index (χ2n) is 9.32. The van der Waals surface area contributed by atoms with Crippen LogP contribution in [0.15, 0.2) is 48.9 Å². The number of amides is 2. The van der Waals surface area contributed by atoms with Gasteiger partial charge in [-0.05, 0) is 42.7 Å². The van der Waals surface area contributed by atoms with Crippen molar-refractivity contribution in [1.29, 1.82) is 0 Å². The molecule has 0 spiro atoms. The molecule has 3 heterocycles. The summed E-state index contributed by atoms with van der Waals surface area (Å²) in [6.07, 6.45) is 10.1. The predicted molar refractivity (Wildman–Crippen MR) is 141 cm³/mol. The largest absolute Gasteiger partial charge is 0.495 e. The number of hydrogen-bond acceptors (Lipinski definition) is 8. The number of nitrogens with zero attached hydrogens (tertiary/aromatic N) is 5. The maximum atomic E-state index is 12.7. The van der Waals surface area contributed by atoms with Crippen molar-refractivity contribution >= 4 is 35.0 Å². The van der Waals surface area contributed by atoms with E-state index >= 15 is 0 Å². The Hall–Kier alpha value is -4.21. The van der Waals surface area contributed by atoms with Crippen LogP contribution in [0.3, 0.4) is 0 Å². The van der Waals surface area contributed by atoms with Gasteiger partial charge in [0.1, 0.15) is 11.4 Å². The first kappa shape index (κ1) is 24.5. The molecule has 37 heavy (non-hydrogen) atoms. The molecule has 1 fully saturated rings. The lowest BCUT2D eigenvalue weighted by Crippen LogP contribution is -2.34. The molecule has 0 bridgehead atoms. The van der Waals surface area contributed by atoms with Crippen molar-refractivity contribution in [3.8, 4) is 5.75 Å². The predicted octanol–water partition coefficient (Wildman–Crippen LogP) is 3.67. The summed E-state index contributed by atoms with van der Waals surface area (Å²) in [5.41, 5.74) is 2.74. The molecule has 0 radical (unpaired) electrons. The summed E-state index contributed by atoms with van der Waals surface area (Å²) in [6, 6.07) is 9.30. The van der Waals surface area contributed by atoms with E-state index in [4.69, 9.17) is 9.72 Å². The normalized spacial score (nSPS) is 15.8. The lowest BCUT2D eigenvalue weighted by Gasteiger charge is -2.30. The van der Waals surface area contributed by atoms with Gasteiger partial charge in [-0.3, -0.25) is 14.6 Å². The number of fused-ring (bicyclic) bond motifs is 1. The van der Waals surface area contributed by atoms with E-state index in [0.717, 1.165) is 24.2 Å². The number of methoxy groups -OCH3 is 1. The van der Waals surface area contributed by atoms with Gasteiger partial charge in [-0.15, -0.1) is 0 Å². The number of nitrogens with one attached hydrogen (secondary N) is 2. The van der Waals surface area contributed by atoms with Crippen LogP contribution in [0, 0.1) is 0 Å². The van der Waals surface area contributed by atoms with E-state index in [2.05, 4.69) is 25.5 Å². The van der Waals surface area contributed by atoms with Gasteiger partial charge in [-0.25, -0.2) is 4.98 Å². The quantitative estimate of drug-likeness (QED) is 0.504. The van der Waals surface area contributed by atoms with E-state index in [0.29, 0.717) is 54.2 Å². The fourth-order valence-electron chi connectivity index (χ4n) is 4.91. The van der Waals surface area contributed by atoms with Gasteiger partial charge in [-0.2, -0.15) is 4.98 Å². The minimum Gasteiger partial charge on any atom is -0.495 e. The minimum absolute atomic E-state index is 0.0603. The topological polar surface area (TPSA) is 113 Å². The Morgan fingerprint density at radius 1 is 1.19 bits per heavy atom. The SMILES string of the molecule is COc1cc(C(=O)NCc2cccnc2)ccc1Nc1ncc2c(n1)N(C1CCCC1)CCC(=O)N2C. The van der Waals surface area contributed by atoms with Crippen LogP contribution in [0.25, 0.3) is 0 Å². The zero-order valence-corrected chi connectivity index (χ0v) is 21.1. The van der Waals surface area contributed by atoms with E-state index in [1.165, 1.54) is 12.8 Å². The number of rotatable bonds is 7. The molecule has 1 saturated carbocycles. The van der Waals surface area contributed by atoms with Gasteiger partial charge >= 0.3 is 0 Å². The van der Waals surface area contributed by atoms with Crippen LogP contribution in [0.2, 0.25) is 0 Å². The first-order valence-corrected chi connectivity index (χ1v) is 12.6. The Morgan fingerprint density at radius 3 is 2.78 bits per heavy atom. The van der Waals surface area contributed by atoms with E-state index < -0.39 is 0 Å². The summed E-state index contributed by atoms with van der Waals surface area (Å²) in [4.78, 5) is 42.6. The van der Waals surface area contributed by atoms with Crippen molar-refractivity contribution in [1.82, 2.24) is 20.3 Å². The maximum Gasteiger partial charge on any atom is 0.251 e. The highest BCUT2D eigenvalue weighted by Gasteiger charge is 2.31. The molecule has 2 N–H and O–H groups in total. The van der Waals surface area contributed by atoms with Crippen molar-refractivity contribution < 1.29 is 14.3 Å². The molecule has 1 aliphatic heterocycles. The zero-order valence-electron chi connectivity index (χ0n) is 21.1. The van der Waals surface area contributed by atoms with E-state index in [1.807, 2.05) is 12.1 Å². The summed E-state index contributed by atoms with van der Waals surface area (Å²) < 4.78 is 5.57. The summed E-state index contributed by atoms with van der Waals surface area (Å²) in [6.45, 7) is 1.02. The van der Waals surface area contributed by atoms with Gasteiger partial charge in [0.25, 0.3) is 5.91 Å². The number of aromatic nitrogens is 3. The molecule has 2 aromatic heterocycles. The molecular weight excluding hydrogens is 470 g/mol. The van der Waals surface area contributed by atoms with Crippen LogP contribution >= 0.6 is 0 Å². The molecule has 5 rings (SSSR count). The van der Waals surface area contributed by atoms with Gasteiger partial charge in [0, 0.05) is 50.6 Å². The average Bonchev–Trinajstić information content (AvgIpc) is 3.43. The van der Waals surface area contributed by atoms with Crippen molar-refractivity contribution in [3.63, 3.8) is 0 Å². The van der Waals surface area contributed by atoms with Crippen LogP contribution in [0.1, 0.15) is 48.0 Å². The van der Waals surface area contributed by atoms with Crippen molar-refractivity contribution in [2.45, 2.75) is 44.7 Å². The van der Waals surface area contributed by atoms with Crippen LogP contribution in [0.4, 0.5) is 23.1 Å². The molecule has 0 saturated heterocycles. The van der Waals surface area contributed by atoms with Crippen molar-refractivity contribution in [2.24, 2.45) is 0 Å². The molecule has 192 valence electrons. The van der Waals surface area contributed by atoms with Crippen LogP contribution in [0.5, 0.6) is 5.75 Å². The van der Waals surface area contributed by atoms with Crippen molar-refractivity contribution in [3.05, 3.63) is 60.0 Å². The molecule has 1 aliphatic carbocycles. The Bertz CT molecular complexity index is 1280. The number of hydrogen-bond donors (Lipinski definition) is 2. The Labute approximate surface area is 216 Å². The van der Waals surface area contributed by atoms with Gasteiger partial charge in [0.15, 0.2) is 5.82 Å². The van der Waals surface area contributed by atoms with Gasteiger partial charge < -0.3 is 25.2 Å². The average molecular weight is 502 g/mol. The number of ether oxygens (including phenoxy) is 1. The molecule has 10 nitrogen and oxygen atoms in total. The van der Waals surface area contributed by atoms with E-state index in [-0.39, 0.29) is 11.8 Å². The third-order valence-corrected chi connectivity index (χ3v) is 6.98. The second kappa shape index (κ2) is 10.8. The molecule has 3 aromatic rings. The molecule has 0 atom stereocenters. The molecule has 1 aromatic carbocycles. The molecule has 10 heteroatoms. The highest BCUT2D eigenvalue weighted by molar-refractivity contribution is 5.97. The zero-order chi connectivity index (χ0) is 25.8. The highest BCUT2D eigenvalue weighted by atomic mass is 16.5. The first-order chi connectivity index (χ1) is 18.0. The van der Waals surface area contributed by atoms with Gasteiger partial charge in [0.2, 0.25) is 11.9 Å². The summed E-state index contributed by atoms with van der Waals surface area (Å²) >= 11 is 0. The van der Waals surface area contributed by atoms with E-state index in [1.54, 1.807) is 55.8 Å². The fraction of sp³-hybridized carbons (Fsp3) is 0.370. The molecule has 2 aliphatic rings. The summed E-state index contributed by atoms with van der Waals surface area (Å²) in [5, 5.41) is 6.14. The standard InChI is InChI=1S/C27H31N7O3/c1-33-22-17-30-27(32-25(22)34(13-11-24(33)35)20-7-3-4-8-20)31-21-10-9-19(14-23(21)37-2)26(36)29-16-18-6-5-12-28-15-18/h5-6,9-10,12,14-15,17,20H,3-4,7-8,11,13,16H2,1-2H3,(H,29,36)(H,30,31,32). The Kier molecular flexibility index (Phi) is 7.16. The minimum atomic E-state index is -0.213. The number of carbonyl (C=O) groups excluding carboxylic acids is 2. The van der Waals surface area contributed by atoms with Crippen LogP contribution in [-0.2, 0) is 11.3 Å². The number of carbonyl (C=O) groups is 2. The van der Waals surface area contributed by atoms with Crippen molar-refractivity contribution in [2.75, 3.05) is 35.8 Å². The molecular formula is C27H31N7O3. The van der Waals surface area contributed by atoms with Gasteiger partial charge in [-0.1, -0.05) is 18.9 Å². The monoisotopic (exact) mass is 501 g/mol. The second-order valence-corrected chi connectivity index (χ2v) is 9.32. The number of benzene rings is 1. The third-order valence-electron chi connectivity index (χ3n) is 6.98. The summed E-state index contributed by atoms with van der Waals surface area (Å²) in [5.74, 6) is 1.51. The lowest BCUT2D eigenvalue weighted by molar-refractivity contribution is -0.118. The van der Waals surface area contributed by atoms with Crippen LogP contribution < -0.4 is 25.2 Å². The smallest absolute Gasteiger partial charge is 0.251 e. The van der Waals surface area contributed by atoms with Crippen LogP contribution in [-0.4, -0.2) is 53.5 Å². The molecule has 0 unspecified atom stereocenters. The lowest BCUT2D eigenvalue weighted by atomic mass is 10.1. The highest BCUT2D eigenvalue weighted by Crippen LogP contribution is 2.37. The maximum absolute atomic E-state index is 12.7. The number of pyridine rings is 1. The fourth-order valence-corrected chi connectivity index (χ4v) is 4.91.